The van der Waals surface area contributed by atoms with E-state index in [0.29, 0.717) is 18.9 Å². The van der Waals surface area contributed by atoms with Gasteiger partial charge in [-0.3, -0.25) is 9.67 Å². The van der Waals surface area contributed by atoms with Gasteiger partial charge in [0.15, 0.2) is 0 Å². The first kappa shape index (κ1) is 13.1. The Labute approximate surface area is 112 Å². The molecule has 2 aromatic heterocycles. The van der Waals surface area contributed by atoms with Crippen LogP contribution in [0.1, 0.15) is 17.0 Å². The zero-order valence-electron chi connectivity index (χ0n) is 11.1. The van der Waals surface area contributed by atoms with Crippen molar-refractivity contribution in [2.45, 2.75) is 13.5 Å². The van der Waals surface area contributed by atoms with Gasteiger partial charge in [-0.05, 0) is 19.1 Å². The van der Waals surface area contributed by atoms with Crippen LogP contribution in [0.2, 0.25) is 0 Å². The molecule has 0 bridgehead atoms. The summed E-state index contributed by atoms with van der Waals surface area (Å²) in [5, 5.41) is 4.27. The Morgan fingerprint density at radius 3 is 2.89 bits per heavy atom. The molecule has 5 nitrogen and oxygen atoms in total. The Balaban J connectivity index is 2.05. The van der Waals surface area contributed by atoms with Gasteiger partial charge in [0, 0.05) is 18.8 Å². The van der Waals surface area contributed by atoms with Crippen LogP contribution in [0.15, 0.2) is 24.5 Å². The van der Waals surface area contributed by atoms with Crippen molar-refractivity contribution in [1.82, 2.24) is 14.8 Å². The standard InChI is InChI=1S/C14H16N4O/c1-11-6-13(18(2)17-11)10-19-14-7-12(4-3-5-15)8-16-9-14/h6-9H,5,10,15H2,1-2H3. The smallest absolute Gasteiger partial charge is 0.139 e. The van der Waals surface area contributed by atoms with E-state index in [9.17, 15) is 0 Å². The van der Waals surface area contributed by atoms with Crippen molar-refractivity contribution in [3.8, 4) is 17.6 Å². The van der Waals surface area contributed by atoms with Gasteiger partial charge in [0.2, 0.25) is 0 Å². The van der Waals surface area contributed by atoms with Crippen LogP contribution in [0, 0.1) is 18.8 Å². The fourth-order valence-electron chi connectivity index (χ4n) is 1.68. The van der Waals surface area contributed by atoms with E-state index in [4.69, 9.17) is 10.5 Å². The minimum atomic E-state index is 0.333. The molecule has 0 saturated carbocycles. The molecular weight excluding hydrogens is 240 g/mol. The SMILES string of the molecule is Cc1cc(COc2cncc(C#CCN)c2)n(C)n1. The molecule has 0 amide bonds. The molecule has 2 aromatic rings. The van der Waals surface area contributed by atoms with Crippen LogP contribution < -0.4 is 10.5 Å². The first-order valence-corrected chi connectivity index (χ1v) is 5.95. The van der Waals surface area contributed by atoms with Gasteiger partial charge in [-0.2, -0.15) is 5.10 Å². The zero-order chi connectivity index (χ0) is 13.7. The summed E-state index contributed by atoms with van der Waals surface area (Å²) in [6.07, 6.45) is 3.35. The maximum Gasteiger partial charge on any atom is 0.139 e. The van der Waals surface area contributed by atoms with Gasteiger partial charge in [-0.25, -0.2) is 0 Å². The number of aromatic nitrogens is 3. The van der Waals surface area contributed by atoms with Crippen LogP contribution in [-0.4, -0.2) is 21.3 Å². The number of ether oxygens (including phenoxy) is 1. The lowest BCUT2D eigenvalue weighted by Gasteiger charge is -2.06. The van der Waals surface area contributed by atoms with Crippen LogP contribution in [0.25, 0.3) is 0 Å². The largest absolute Gasteiger partial charge is 0.486 e. The fourth-order valence-corrected chi connectivity index (χ4v) is 1.68. The lowest BCUT2D eigenvalue weighted by Crippen LogP contribution is -2.03. The highest BCUT2D eigenvalue weighted by molar-refractivity contribution is 5.36. The van der Waals surface area contributed by atoms with Crippen LogP contribution in [-0.2, 0) is 13.7 Å². The summed E-state index contributed by atoms with van der Waals surface area (Å²) in [4.78, 5) is 4.09. The number of pyridine rings is 1. The number of nitrogens with zero attached hydrogens (tertiary/aromatic N) is 3. The maximum absolute atomic E-state index is 5.68. The molecular formula is C14H16N4O. The van der Waals surface area contributed by atoms with Crippen LogP contribution in [0.4, 0.5) is 0 Å². The molecule has 2 rings (SSSR count). The van der Waals surface area contributed by atoms with E-state index in [0.717, 1.165) is 17.0 Å². The molecule has 0 spiro atoms. The minimum Gasteiger partial charge on any atom is -0.486 e. The monoisotopic (exact) mass is 256 g/mol. The molecule has 5 heteroatoms. The highest BCUT2D eigenvalue weighted by Gasteiger charge is 2.03. The van der Waals surface area contributed by atoms with Crippen molar-refractivity contribution in [2.24, 2.45) is 12.8 Å². The number of rotatable bonds is 3. The molecule has 0 aliphatic rings. The number of hydrogen-bond acceptors (Lipinski definition) is 4. The predicted molar refractivity (Wildman–Crippen MR) is 72.4 cm³/mol. The first-order valence-electron chi connectivity index (χ1n) is 5.95. The highest BCUT2D eigenvalue weighted by atomic mass is 16.5. The Hall–Kier alpha value is -2.32. The van der Waals surface area contributed by atoms with E-state index < -0.39 is 0 Å². The summed E-state index contributed by atoms with van der Waals surface area (Å²) < 4.78 is 7.49. The average molecular weight is 256 g/mol. The predicted octanol–water partition coefficient (Wildman–Crippen LogP) is 1.01. The highest BCUT2D eigenvalue weighted by Crippen LogP contribution is 2.13. The molecule has 98 valence electrons. The van der Waals surface area contributed by atoms with E-state index in [2.05, 4.69) is 21.9 Å². The first-order chi connectivity index (χ1) is 9.19. The minimum absolute atomic E-state index is 0.333. The van der Waals surface area contributed by atoms with Crippen LogP contribution in [0.3, 0.4) is 0 Å². The molecule has 19 heavy (non-hydrogen) atoms. The van der Waals surface area contributed by atoms with Crippen molar-refractivity contribution >= 4 is 0 Å². The average Bonchev–Trinajstić information content (AvgIpc) is 2.73. The van der Waals surface area contributed by atoms with Gasteiger partial charge in [0.25, 0.3) is 0 Å². The molecule has 0 aliphatic carbocycles. The number of hydrogen-bond donors (Lipinski definition) is 1. The Bertz CT molecular complexity index is 622. The summed E-state index contributed by atoms with van der Waals surface area (Å²) in [5.41, 5.74) is 8.11. The van der Waals surface area contributed by atoms with Gasteiger partial charge in [-0.15, -0.1) is 0 Å². The van der Waals surface area contributed by atoms with Crippen molar-refractivity contribution in [2.75, 3.05) is 6.54 Å². The third-order valence-corrected chi connectivity index (χ3v) is 2.53. The van der Waals surface area contributed by atoms with E-state index in [1.54, 1.807) is 17.1 Å². The second kappa shape index (κ2) is 6.03. The quantitative estimate of drug-likeness (QED) is 0.832. The van der Waals surface area contributed by atoms with Gasteiger partial charge in [0.1, 0.15) is 12.4 Å². The van der Waals surface area contributed by atoms with Gasteiger partial charge in [0.05, 0.1) is 24.1 Å². The molecule has 2 heterocycles. The molecule has 0 aliphatic heterocycles. The lowest BCUT2D eigenvalue weighted by atomic mass is 10.3. The second-order valence-electron chi connectivity index (χ2n) is 4.10. The summed E-state index contributed by atoms with van der Waals surface area (Å²) in [5.74, 6) is 6.39. The zero-order valence-corrected chi connectivity index (χ0v) is 11.1. The fraction of sp³-hybridized carbons (Fsp3) is 0.286. The van der Waals surface area contributed by atoms with Crippen molar-refractivity contribution < 1.29 is 4.74 Å². The third-order valence-electron chi connectivity index (χ3n) is 2.53. The summed E-state index contributed by atoms with van der Waals surface area (Å²) in [6, 6.07) is 3.84. The molecule has 0 atom stereocenters. The third kappa shape index (κ3) is 3.57. The van der Waals surface area contributed by atoms with Gasteiger partial charge >= 0.3 is 0 Å². The van der Waals surface area contributed by atoms with E-state index in [1.807, 2.05) is 26.1 Å². The van der Waals surface area contributed by atoms with E-state index in [-0.39, 0.29) is 0 Å². The maximum atomic E-state index is 5.68. The molecule has 0 saturated heterocycles. The van der Waals surface area contributed by atoms with Gasteiger partial charge < -0.3 is 10.5 Å². The normalized spacial score (nSPS) is 9.84. The molecule has 0 radical (unpaired) electrons. The van der Waals surface area contributed by atoms with Crippen LogP contribution >= 0.6 is 0 Å². The van der Waals surface area contributed by atoms with E-state index in [1.165, 1.54) is 0 Å². The van der Waals surface area contributed by atoms with Crippen LogP contribution in [0.5, 0.6) is 5.75 Å². The molecule has 2 N–H and O–H groups in total. The van der Waals surface area contributed by atoms with E-state index >= 15 is 0 Å². The Morgan fingerprint density at radius 2 is 2.21 bits per heavy atom. The number of nitrogens with two attached hydrogens (primary N) is 1. The topological polar surface area (TPSA) is 66.0 Å². The Morgan fingerprint density at radius 1 is 1.37 bits per heavy atom. The lowest BCUT2D eigenvalue weighted by molar-refractivity contribution is 0.293. The Kier molecular flexibility index (Phi) is 4.16. The molecule has 0 unspecified atom stereocenters. The summed E-state index contributed by atoms with van der Waals surface area (Å²) >= 11 is 0. The summed E-state index contributed by atoms with van der Waals surface area (Å²) in [7, 11) is 1.90. The van der Waals surface area contributed by atoms with Crippen molar-refractivity contribution in [3.05, 3.63) is 41.5 Å². The molecule has 0 aromatic carbocycles. The number of aryl methyl sites for hydroxylation is 2. The van der Waals surface area contributed by atoms with Crippen molar-refractivity contribution in [3.63, 3.8) is 0 Å². The summed E-state index contributed by atoms with van der Waals surface area (Å²) in [6.45, 7) is 2.74. The molecule has 0 fully saturated rings. The second-order valence-corrected chi connectivity index (χ2v) is 4.10. The van der Waals surface area contributed by atoms with Gasteiger partial charge in [-0.1, -0.05) is 11.8 Å². The van der Waals surface area contributed by atoms with Crippen molar-refractivity contribution in [1.29, 1.82) is 0 Å².